The molecule has 0 heterocycles. The summed E-state index contributed by atoms with van der Waals surface area (Å²) in [7, 11) is 0. The summed E-state index contributed by atoms with van der Waals surface area (Å²) in [6, 6.07) is 0. The van der Waals surface area contributed by atoms with Crippen molar-refractivity contribution in [2.45, 2.75) is 26.7 Å². The quantitative estimate of drug-likeness (QED) is 0.527. The van der Waals surface area contributed by atoms with Gasteiger partial charge < -0.3 is 0 Å². The van der Waals surface area contributed by atoms with Gasteiger partial charge in [-0.15, -0.1) is 6.42 Å². The maximum absolute atomic E-state index is 11.3. The van der Waals surface area contributed by atoms with Crippen molar-refractivity contribution in [3.8, 4) is 12.3 Å². The van der Waals surface area contributed by atoms with Crippen molar-refractivity contribution in [2.24, 2.45) is 11.3 Å². The van der Waals surface area contributed by atoms with Gasteiger partial charge in [0.05, 0.1) is 5.41 Å². The standard InChI is InChI=1S/C9H12O/c1-4-9(5-6-9)8(10)7(2)3/h1,7H,5-6H2,2-3H3. The molecule has 0 aliphatic heterocycles. The van der Waals surface area contributed by atoms with E-state index in [1.807, 2.05) is 13.8 Å². The van der Waals surface area contributed by atoms with Crippen LogP contribution in [0, 0.1) is 23.7 Å². The Labute approximate surface area is 61.8 Å². The summed E-state index contributed by atoms with van der Waals surface area (Å²) >= 11 is 0. The molecule has 1 aliphatic carbocycles. The zero-order valence-electron chi connectivity index (χ0n) is 6.48. The van der Waals surface area contributed by atoms with Crippen molar-refractivity contribution in [1.29, 1.82) is 0 Å². The Morgan fingerprint density at radius 1 is 1.60 bits per heavy atom. The number of hydrogen-bond acceptors (Lipinski definition) is 1. The highest BCUT2D eigenvalue weighted by molar-refractivity contribution is 5.91. The van der Waals surface area contributed by atoms with E-state index < -0.39 is 0 Å². The third-order valence-electron chi connectivity index (χ3n) is 2.02. The number of rotatable bonds is 2. The lowest BCUT2D eigenvalue weighted by Crippen LogP contribution is -2.19. The molecule has 1 fully saturated rings. The summed E-state index contributed by atoms with van der Waals surface area (Å²) in [5.41, 5.74) is -0.339. The van der Waals surface area contributed by atoms with Crippen molar-refractivity contribution in [2.75, 3.05) is 0 Å². The third-order valence-corrected chi connectivity index (χ3v) is 2.02. The van der Waals surface area contributed by atoms with Crippen LogP contribution in [-0.2, 0) is 4.79 Å². The Bertz CT molecular complexity index is 191. The first kappa shape index (κ1) is 7.34. The van der Waals surface area contributed by atoms with Gasteiger partial charge in [0.2, 0.25) is 0 Å². The predicted molar refractivity (Wildman–Crippen MR) is 40.3 cm³/mol. The molecule has 0 N–H and O–H groups in total. The van der Waals surface area contributed by atoms with Crippen molar-refractivity contribution in [3.63, 3.8) is 0 Å². The largest absolute Gasteiger partial charge is 0.298 e. The monoisotopic (exact) mass is 136 g/mol. The van der Waals surface area contributed by atoms with Gasteiger partial charge in [-0.1, -0.05) is 19.8 Å². The van der Waals surface area contributed by atoms with Crippen LogP contribution < -0.4 is 0 Å². The molecule has 1 heteroatoms. The number of carbonyl (C=O) groups excluding carboxylic acids is 1. The van der Waals surface area contributed by atoms with E-state index in [-0.39, 0.29) is 17.1 Å². The first-order chi connectivity index (χ1) is 4.62. The smallest absolute Gasteiger partial charge is 0.153 e. The first-order valence-corrected chi connectivity index (χ1v) is 3.64. The molecule has 0 radical (unpaired) electrons. The Hall–Kier alpha value is -0.770. The number of carbonyl (C=O) groups is 1. The van der Waals surface area contributed by atoms with Crippen LogP contribution in [0.1, 0.15) is 26.7 Å². The molecule has 10 heavy (non-hydrogen) atoms. The molecule has 0 aromatic heterocycles. The highest BCUT2D eigenvalue weighted by atomic mass is 16.1. The van der Waals surface area contributed by atoms with Crippen LogP contribution in [0.25, 0.3) is 0 Å². The molecule has 0 aromatic carbocycles. The predicted octanol–water partition coefficient (Wildman–Crippen LogP) is 1.62. The SMILES string of the molecule is C#CC1(C(=O)C(C)C)CC1. The molecule has 1 nitrogen and oxygen atoms in total. The molecule has 0 atom stereocenters. The minimum Gasteiger partial charge on any atom is -0.298 e. The van der Waals surface area contributed by atoms with Gasteiger partial charge in [-0.05, 0) is 12.8 Å². The molecular formula is C9H12O. The minimum absolute atomic E-state index is 0.0959. The summed E-state index contributed by atoms with van der Waals surface area (Å²) in [6.07, 6.45) is 7.04. The van der Waals surface area contributed by atoms with Crippen LogP contribution >= 0.6 is 0 Å². The fraction of sp³-hybridized carbons (Fsp3) is 0.667. The topological polar surface area (TPSA) is 17.1 Å². The van der Waals surface area contributed by atoms with Crippen LogP contribution in [-0.4, -0.2) is 5.78 Å². The van der Waals surface area contributed by atoms with Crippen LogP contribution in [0.2, 0.25) is 0 Å². The van der Waals surface area contributed by atoms with E-state index in [1.54, 1.807) is 0 Å². The third kappa shape index (κ3) is 0.945. The van der Waals surface area contributed by atoms with Crippen LogP contribution in [0.3, 0.4) is 0 Å². The highest BCUT2D eigenvalue weighted by Gasteiger charge is 2.48. The Balaban J connectivity index is 2.68. The van der Waals surface area contributed by atoms with Gasteiger partial charge in [0.25, 0.3) is 0 Å². The van der Waals surface area contributed by atoms with Crippen molar-refractivity contribution < 1.29 is 4.79 Å². The van der Waals surface area contributed by atoms with Gasteiger partial charge >= 0.3 is 0 Å². The molecule has 1 aliphatic rings. The van der Waals surface area contributed by atoms with E-state index in [4.69, 9.17) is 6.42 Å². The van der Waals surface area contributed by atoms with Gasteiger partial charge in [0, 0.05) is 5.92 Å². The zero-order chi connectivity index (χ0) is 7.78. The molecule has 0 bridgehead atoms. The van der Waals surface area contributed by atoms with Gasteiger partial charge in [-0.3, -0.25) is 4.79 Å². The molecule has 54 valence electrons. The summed E-state index contributed by atoms with van der Waals surface area (Å²) in [6.45, 7) is 3.81. The number of Topliss-reactive ketones (excluding diaryl/α,β-unsaturated/α-hetero) is 1. The van der Waals surface area contributed by atoms with E-state index in [0.717, 1.165) is 12.8 Å². The van der Waals surface area contributed by atoms with Crippen LogP contribution in [0.15, 0.2) is 0 Å². The Kier molecular flexibility index (Phi) is 1.56. The van der Waals surface area contributed by atoms with Crippen molar-refractivity contribution >= 4 is 5.78 Å². The second-order valence-corrected chi connectivity index (χ2v) is 3.25. The Morgan fingerprint density at radius 2 is 2.10 bits per heavy atom. The van der Waals surface area contributed by atoms with E-state index in [0.29, 0.717) is 0 Å². The average Bonchev–Trinajstić information content (AvgIpc) is 2.66. The lowest BCUT2D eigenvalue weighted by molar-refractivity contribution is -0.125. The van der Waals surface area contributed by atoms with E-state index in [2.05, 4.69) is 5.92 Å². The normalized spacial score (nSPS) is 20.2. The molecule has 0 spiro atoms. The second kappa shape index (κ2) is 2.12. The number of hydrogen-bond donors (Lipinski definition) is 0. The highest BCUT2D eigenvalue weighted by Crippen LogP contribution is 2.47. The van der Waals surface area contributed by atoms with Gasteiger partial charge in [0.15, 0.2) is 5.78 Å². The fourth-order valence-electron chi connectivity index (χ4n) is 1.14. The van der Waals surface area contributed by atoms with Crippen molar-refractivity contribution in [1.82, 2.24) is 0 Å². The fourth-order valence-corrected chi connectivity index (χ4v) is 1.14. The summed E-state index contributed by atoms with van der Waals surface area (Å²) < 4.78 is 0. The summed E-state index contributed by atoms with van der Waals surface area (Å²) in [5.74, 6) is 2.93. The summed E-state index contributed by atoms with van der Waals surface area (Å²) in [5, 5.41) is 0. The molecule has 0 unspecified atom stereocenters. The zero-order valence-corrected chi connectivity index (χ0v) is 6.48. The maximum atomic E-state index is 11.3. The molecule has 0 amide bonds. The Morgan fingerprint density at radius 3 is 2.20 bits per heavy atom. The van der Waals surface area contributed by atoms with Gasteiger partial charge in [-0.25, -0.2) is 0 Å². The van der Waals surface area contributed by atoms with Gasteiger partial charge in [0.1, 0.15) is 0 Å². The molecule has 0 saturated heterocycles. The lowest BCUT2D eigenvalue weighted by Gasteiger charge is -2.08. The van der Waals surface area contributed by atoms with E-state index in [9.17, 15) is 4.79 Å². The minimum atomic E-state index is -0.339. The molecule has 0 aromatic rings. The number of terminal acetylenes is 1. The van der Waals surface area contributed by atoms with Crippen molar-refractivity contribution in [3.05, 3.63) is 0 Å². The summed E-state index contributed by atoms with van der Waals surface area (Å²) in [4.78, 5) is 11.3. The number of ketones is 1. The van der Waals surface area contributed by atoms with E-state index >= 15 is 0 Å². The molecule has 1 rings (SSSR count). The molecular weight excluding hydrogens is 124 g/mol. The van der Waals surface area contributed by atoms with Crippen LogP contribution in [0.4, 0.5) is 0 Å². The van der Waals surface area contributed by atoms with Crippen LogP contribution in [0.5, 0.6) is 0 Å². The first-order valence-electron chi connectivity index (χ1n) is 3.64. The molecule has 1 saturated carbocycles. The average molecular weight is 136 g/mol. The van der Waals surface area contributed by atoms with Gasteiger partial charge in [-0.2, -0.15) is 0 Å². The maximum Gasteiger partial charge on any atom is 0.153 e. The lowest BCUT2D eigenvalue weighted by atomic mass is 9.93. The van der Waals surface area contributed by atoms with E-state index in [1.165, 1.54) is 0 Å². The second-order valence-electron chi connectivity index (χ2n) is 3.25.